The zero-order valence-electron chi connectivity index (χ0n) is 23.5. The first-order valence-corrected chi connectivity index (χ1v) is 11.4. The van der Waals surface area contributed by atoms with Crippen molar-refractivity contribution in [2.24, 2.45) is 0 Å². The molecule has 2 aromatic rings. The van der Waals surface area contributed by atoms with Crippen molar-refractivity contribution in [2.45, 2.75) is 13.8 Å². The summed E-state index contributed by atoms with van der Waals surface area (Å²) in [4.78, 5) is 20.4. The van der Waals surface area contributed by atoms with Gasteiger partial charge in [0.25, 0.3) is 0 Å². The van der Waals surface area contributed by atoms with Gasteiger partial charge in [0.05, 0.1) is 14.2 Å². The molecule has 0 atom stereocenters. The number of hydrogen-bond acceptors (Lipinski definition) is 4. The number of methoxy groups -OCH3 is 2. The van der Waals surface area contributed by atoms with Gasteiger partial charge in [-0.15, -0.1) is 0 Å². The van der Waals surface area contributed by atoms with Gasteiger partial charge in [0.15, 0.2) is 0 Å². The third-order valence-corrected chi connectivity index (χ3v) is 3.47. The molecule has 0 heterocycles. The molecular weight excluding hydrogens is 472 g/mol. The lowest BCUT2D eigenvalue weighted by Gasteiger charge is -1.91. The summed E-state index contributed by atoms with van der Waals surface area (Å²) in [5.74, 6) is -0.694. The fourth-order valence-electron chi connectivity index (χ4n) is 1.53. The highest BCUT2D eigenvalue weighted by Gasteiger charge is 1.96. The third-order valence-electron chi connectivity index (χ3n) is 3.47. The largest absolute Gasteiger partial charge is 0.466 e. The molecule has 2 aromatic carbocycles. The topological polar surface area (TPSA) is 52.6 Å². The molecule has 0 radical (unpaired) electrons. The van der Waals surface area contributed by atoms with Crippen LogP contribution in [-0.2, 0) is 19.1 Å². The first-order valence-electron chi connectivity index (χ1n) is 11.4. The van der Waals surface area contributed by atoms with E-state index >= 15 is 0 Å². The van der Waals surface area contributed by atoms with Crippen molar-refractivity contribution in [3.63, 3.8) is 0 Å². The lowest BCUT2D eigenvalue weighted by atomic mass is 10.2. The Balaban J connectivity index is -0.000000186. The van der Waals surface area contributed by atoms with Gasteiger partial charge in [-0.25, -0.2) is 9.59 Å². The molecule has 0 unspecified atom stereocenters. The van der Waals surface area contributed by atoms with Crippen LogP contribution in [0.2, 0.25) is 0 Å². The first kappa shape index (κ1) is 40.5. The zero-order chi connectivity index (χ0) is 30.2. The molecule has 0 fully saturated rings. The fourth-order valence-corrected chi connectivity index (χ4v) is 1.53. The Bertz CT molecular complexity index is 875. The van der Waals surface area contributed by atoms with Crippen LogP contribution in [0.3, 0.4) is 0 Å². The summed E-state index contributed by atoms with van der Waals surface area (Å²) in [6.45, 7) is 30.6. The predicted octanol–water partition coefficient (Wildman–Crippen LogP) is 8.85. The minimum atomic E-state index is -0.347. The summed E-state index contributed by atoms with van der Waals surface area (Å²) in [7, 11) is 2.66. The second kappa shape index (κ2) is 32.3. The van der Waals surface area contributed by atoms with Crippen LogP contribution in [0.4, 0.5) is 0 Å². The minimum Gasteiger partial charge on any atom is -0.466 e. The second-order valence-corrected chi connectivity index (χ2v) is 6.72. The van der Waals surface area contributed by atoms with Crippen molar-refractivity contribution in [2.75, 3.05) is 14.2 Å². The van der Waals surface area contributed by atoms with Gasteiger partial charge in [-0.05, 0) is 25.0 Å². The highest BCUT2D eigenvalue weighted by Crippen LogP contribution is 1.98. The Morgan fingerprint density at radius 3 is 0.868 bits per heavy atom. The molecule has 0 bridgehead atoms. The van der Waals surface area contributed by atoms with Crippen LogP contribution in [0, 0.1) is 0 Å². The molecule has 0 aliphatic rings. The SMILES string of the molecule is C=C(C)C(=O)OC.C=C(C)C(=O)OC.C=CC=C.C=CC=C.C=Cc1ccccc1.C=Cc1ccccc1. The van der Waals surface area contributed by atoms with Crippen LogP contribution in [-0.4, -0.2) is 26.2 Å². The van der Waals surface area contributed by atoms with E-state index in [2.05, 4.69) is 62.1 Å². The van der Waals surface area contributed by atoms with Crippen LogP contribution in [0.1, 0.15) is 25.0 Å². The van der Waals surface area contributed by atoms with Crippen molar-refractivity contribution in [1.29, 1.82) is 0 Å². The molecule has 38 heavy (non-hydrogen) atoms. The normalized spacial score (nSPS) is 7.47. The van der Waals surface area contributed by atoms with E-state index < -0.39 is 0 Å². The van der Waals surface area contributed by atoms with Crippen LogP contribution >= 0.6 is 0 Å². The Labute approximate surface area is 231 Å². The van der Waals surface area contributed by atoms with Gasteiger partial charge in [0.2, 0.25) is 0 Å². The molecule has 4 heteroatoms. The van der Waals surface area contributed by atoms with Crippen LogP contribution in [0.25, 0.3) is 12.2 Å². The number of ether oxygens (including phenoxy) is 2. The monoisotopic (exact) mass is 516 g/mol. The Morgan fingerprint density at radius 1 is 0.553 bits per heavy atom. The molecule has 0 spiro atoms. The van der Waals surface area contributed by atoms with Gasteiger partial charge < -0.3 is 9.47 Å². The van der Waals surface area contributed by atoms with E-state index in [1.165, 1.54) is 25.3 Å². The van der Waals surface area contributed by atoms with Crippen LogP contribution in [0.5, 0.6) is 0 Å². The van der Waals surface area contributed by atoms with E-state index in [1.54, 1.807) is 38.2 Å². The smallest absolute Gasteiger partial charge is 0.332 e. The van der Waals surface area contributed by atoms with Crippen molar-refractivity contribution >= 4 is 24.1 Å². The summed E-state index contributed by atoms with van der Waals surface area (Å²) in [5.41, 5.74) is 3.21. The standard InChI is InChI=1S/2C8H8.2C5H8O2.2C4H6/c2*1-2-8-6-4-3-5-7-8;2*1-4(2)5(6)7-3;2*1-3-4-2/h2*2-7H,1H2;2*1H2,2-3H3;2*3-4H,1-2H2. The Kier molecular flexibility index (Phi) is 34.4. The van der Waals surface area contributed by atoms with Crippen LogP contribution < -0.4 is 0 Å². The van der Waals surface area contributed by atoms with Gasteiger partial charge in [-0.2, -0.15) is 0 Å². The van der Waals surface area contributed by atoms with Gasteiger partial charge in [-0.3, -0.25) is 0 Å². The average molecular weight is 517 g/mol. The molecule has 4 nitrogen and oxygen atoms in total. The molecule has 204 valence electrons. The lowest BCUT2D eigenvalue weighted by Crippen LogP contribution is -1.98. The predicted molar refractivity (Wildman–Crippen MR) is 168 cm³/mol. The van der Waals surface area contributed by atoms with E-state index in [-0.39, 0.29) is 11.9 Å². The molecule has 0 N–H and O–H groups in total. The van der Waals surface area contributed by atoms with Crippen LogP contribution in [0.15, 0.2) is 149 Å². The van der Waals surface area contributed by atoms with Gasteiger partial charge in [0.1, 0.15) is 0 Å². The molecule has 0 aliphatic heterocycles. The summed E-state index contributed by atoms with van der Waals surface area (Å²) < 4.78 is 8.55. The molecule has 0 amide bonds. The number of hydrogen-bond donors (Lipinski definition) is 0. The zero-order valence-corrected chi connectivity index (χ0v) is 23.5. The van der Waals surface area contributed by atoms with Crippen molar-refractivity contribution in [3.8, 4) is 0 Å². The van der Waals surface area contributed by atoms with E-state index in [1.807, 2.05) is 72.8 Å². The molecule has 2 rings (SSSR count). The number of esters is 2. The summed E-state index contributed by atoms with van der Waals surface area (Å²) in [6.07, 6.45) is 10.2. The number of benzene rings is 2. The maximum absolute atomic E-state index is 10.2. The second-order valence-electron chi connectivity index (χ2n) is 6.72. The quantitative estimate of drug-likeness (QED) is 0.219. The molecule has 0 saturated carbocycles. The number of carbonyl (C=O) groups excluding carboxylic acids is 2. The summed E-state index contributed by atoms with van der Waals surface area (Å²) in [5, 5.41) is 0. The molecule has 0 aliphatic carbocycles. The van der Waals surface area contributed by atoms with Gasteiger partial charge in [0, 0.05) is 11.1 Å². The maximum Gasteiger partial charge on any atom is 0.332 e. The number of allylic oxidation sites excluding steroid dienone is 4. The number of rotatable bonds is 6. The molecule has 0 aromatic heterocycles. The minimum absolute atomic E-state index is 0.347. The Morgan fingerprint density at radius 2 is 0.789 bits per heavy atom. The molecular formula is C34H44O4. The van der Waals surface area contributed by atoms with E-state index in [0.717, 1.165) is 0 Å². The van der Waals surface area contributed by atoms with E-state index in [9.17, 15) is 9.59 Å². The lowest BCUT2D eigenvalue weighted by molar-refractivity contribution is -0.136. The maximum atomic E-state index is 10.2. The first-order chi connectivity index (χ1) is 18.1. The van der Waals surface area contributed by atoms with Crippen molar-refractivity contribution < 1.29 is 19.1 Å². The fraction of sp³-hybridized carbons (Fsp3) is 0.118. The third kappa shape index (κ3) is 33.5. The van der Waals surface area contributed by atoms with Crippen molar-refractivity contribution in [1.82, 2.24) is 0 Å². The average Bonchev–Trinajstić information content (AvgIpc) is 2.98. The summed E-state index contributed by atoms with van der Waals surface area (Å²) in [6, 6.07) is 20.1. The van der Waals surface area contributed by atoms with Gasteiger partial charge in [-0.1, -0.05) is 150 Å². The Hall–Kier alpha value is -4.70. The highest BCUT2D eigenvalue weighted by molar-refractivity contribution is 5.87. The van der Waals surface area contributed by atoms with E-state index in [4.69, 9.17) is 0 Å². The van der Waals surface area contributed by atoms with Crippen molar-refractivity contribution in [3.05, 3.63) is 160 Å². The number of carbonyl (C=O) groups is 2. The summed E-state index contributed by atoms with van der Waals surface area (Å²) >= 11 is 0. The highest BCUT2D eigenvalue weighted by atomic mass is 16.5. The van der Waals surface area contributed by atoms with E-state index in [0.29, 0.717) is 11.1 Å². The molecule has 0 saturated heterocycles. The van der Waals surface area contributed by atoms with Gasteiger partial charge >= 0.3 is 11.9 Å².